The Hall–Kier alpha value is -0.300. The summed E-state index contributed by atoms with van der Waals surface area (Å²) in [5, 5.41) is 8.95. The molecule has 2 aliphatic carbocycles. The second kappa shape index (κ2) is 3.13. The molecule has 7 heteroatoms. The summed E-state index contributed by atoms with van der Waals surface area (Å²) < 4.78 is 60.1. The first-order valence-electron chi connectivity index (χ1n) is 5.08. The van der Waals surface area contributed by atoms with Crippen LogP contribution in [-0.2, 0) is 9.84 Å². The predicted molar refractivity (Wildman–Crippen MR) is 50.6 cm³/mol. The van der Waals surface area contributed by atoms with Crippen LogP contribution in [0, 0.1) is 5.41 Å². The van der Waals surface area contributed by atoms with Crippen molar-refractivity contribution in [1.29, 1.82) is 0 Å². The lowest BCUT2D eigenvalue weighted by Gasteiger charge is -2.22. The van der Waals surface area contributed by atoms with E-state index in [1.165, 1.54) is 0 Å². The number of hydrogen-bond donors (Lipinski definition) is 1. The molecule has 2 saturated carbocycles. The molecule has 0 bridgehead atoms. The van der Waals surface area contributed by atoms with E-state index in [2.05, 4.69) is 0 Å². The second-order valence-electron chi connectivity index (χ2n) is 4.88. The van der Waals surface area contributed by atoms with Crippen molar-refractivity contribution in [3.63, 3.8) is 0 Å². The molecule has 2 aliphatic rings. The van der Waals surface area contributed by atoms with Crippen molar-refractivity contribution in [2.75, 3.05) is 12.4 Å². The highest BCUT2D eigenvalue weighted by molar-refractivity contribution is 7.93. The second-order valence-corrected chi connectivity index (χ2v) is 7.26. The zero-order valence-corrected chi connectivity index (χ0v) is 9.36. The van der Waals surface area contributed by atoms with E-state index in [1.54, 1.807) is 0 Å². The number of rotatable bonds is 4. The molecule has 0 radical (unpaired) electrons. The van der Waals surface area contributed by atoms with Gasteiger partial charge in [0.1, 0.15) is 0 Å². The van der Waals surface area contributed by atoms with Crippen LogP contribution in [0.3, 0.4) is 0 Å². The van der Waals surface area contributed by atoms with Gasteiger partial charge in [-0.3, -0.25) is 0 Å². The topological polar surface area (TPSA) is 54.4 Å². The fraction of sp³-hybridized carbons (Fsp3) is 1.00. The minimum atomic E-state index is -4.45. The number of aliphatic hydroxyl groups is 1. The number of aliphatic hydroxyl groups excluding tert-OH is 1. The smallest absolute Gasteiger partial charge is 0.395 e. The van der Waals surface area contributed by atoms with Crippen LogP contribution in [0.25, 0.3) is 0 Å². The first kappa shape index (κ1) is 12.2. The third kappa shape index (κ3) is 1.64. The van der Waals surface area contributed by atoms with Gasteiger partial charge >= 0.3 is 6.18 Å². The number of hydrogen-bond acceptors (Lipinski definition) is 3. The van der Waals surface area contributed by atoms with Gasteiger partial charge in [-0.05, 0) is 25.7 Å². The van der Waals surface area contributed by atoms with Crippen molar-refractivity contribution < 1.29 is 26.7 Å². The largest absolute Gasteiger partial charge is 0.395 e. The summed E-state index contributed by atoms with van der Waals surface area (Å²) in [5.74, 6) is -0.857. The maximum Gasteiger partial charge on any atom is 0.395 e. The fourth-order valence-corrected chi connectivity index (χ4v) is 4.29. The molecule has 0 aromatic carbocycles. The van der Waals surface area contributed by atoms with Gasteiger partial charge in [0.25, 0.3) is 0 Å². The van der Waals surface area contributed by atoms with Crippen molar-refractivity contribution in [1.82, 2.24) is 0 Å². The highest BCUT2D eigenvalue weighted by Crippen LogP contribution is 2.60. The van der Waals surface area contributed by atoms with Crippen LogP contribution in [0.4, 0.5) is 13.2 Å². The van der Waals surface area contributed by atoms with Crippen molar-refractivity contribution >= 4 is 9.84 Å². The van der Waals surface area contributed by atoms with E-state index >= 15 is 0 Å². The summed E-state index contributed by atoms with van der Waals surface area (Å²) in [6, 6.07) is 0. The van der Waals surface area contributed by atoms with Gasteiger partial charge in [0.05, 0.1) is 22.5 Å². The molecule has 0 aromatic rings. The fourth-order valence-electron chi connectivity index (χ4n) is 1.88. The van der Waals surface area contributed by atoms with Crippen LogP contribution in [0.1, 0.15) is 25.7 Å². The highest BCUT2D eigenvalue weighted by Gasteiger charge is 2.67. The summed E-state index contributed by atoms with van der Waals surface area (Å²) in [6.07, 6.45) is -4.13. The van der Waals surface area contributed by atoms with Crippen molar-refractivity contribution in [3.05, 3.63) is 0 Å². The lowest BCUT2D eigenvalue weighted by Crippen LogP contribution is -2.38. The van der Waals surface area contributed by atoms with Gasteiger partial charge < -0.3 is 5.11 Å². The van der Waals surface area contributed by atoms with Crippen molar-refractivity contribution in [2.45, 2.75) is 36.6 Å². The van der Waals surface area contributed by atoms with Gasteiger partial charge in [0, 0.05) is 0 Å². The molecule has 94 valence electrons. The van der Waals surface area contributed by atoms with E-state index in [0.717, 1.165) is 0 Å². The quantitative estimate of drug-likeness (QED) is 0.826. The monoisotopic (exact) mass is 258 g/mol. The molecular weight excluding hydrogens is 245 g/mol. The van der Waals surface area contributed by atoms with E-state index in [4.69, 9.17) is 5.11 Å². The van der Waals surface area contributed by atoms with Crippen LogP contribution in [0.5, 0.6) is 0 Å². The van der Waals surface area contributed by atoms with E-state index in [1.807, 2.05) is 0 Å². The summed E-state index contributed by atoms with van der Waals surface area (Å²) >= 11 is 0. The average molecular weight is 258 g/mol. The molecule has 0 spiro atoms. The Morgan fingerprint density at radius 2 is 1.62 bits per heavy atom. The average Bonchev–Trinajstić information content (AvgIpc) is 2.96. The number of sulfone groups is 1. The van der Waals surface area contributed by atoms with E-state index in [-0.39, 0.29) is 25.7 Å². The van der Waals surface area contributed by atoms with Gasteiger partial charge in [-0.25, -0.2) is 8.42 Å². The highest BCUT2D eigenvalue weighted by atomic mass is 32.2. The molecule has 1 N–H and O–H groups in total. The minimum absolute atomic E-state index is 0.114. The lowest BCUT2D eigenvalue weighted by molar-refractivity contribution is -0.180. The lowest BCUT2D eigenvalue weighted by atomic mass is 10.1. The Bertz CT molecular complexity index is 391. The van der Waals surface area contributed by atoms with Crippen LogP contribution in [0.2, 0.25) is 0 Å². The van der Waals surface area contributed by atoms with Gasteiger partial charge in [-0.2, -0.15) is 13.2 Å². The molecule has 2 fully saturated rings. The molecule has 0 aliphatic heterocycles. The predicted octanol–water partition coefficient (Wildman–Crippen LogP) is 1.27. The molecule has 0 heterocycles. The van der Waals surface area contributed by atoms with Crippen LogP contribution in [-0.4, -0.2) is 36.8 Å². The normalized spacial score (nSPS) is 26.5. The Morgan fingerprint density at radius 1 is 1.12 bits per heavy atom. The first-order valence-corrected chi connectivity index (χ1v) is 6.73. The first-order chi connectivity index (χ1) is 7.18. The third-order valence-corrected chi connectivity index (χ3v) is 6.47. The van der Waals surface area contributed by atoms with Crippen LogP contribution >= 0.6 is 0 Å². The zero-order valence-electron chi connectivity index (χ0n) is 8.55. The summed E-state index contributed by atoms with van der Waals surface area (Å²) in [6.45, 7) is -0.566. The molecule has 0 amide bonds. The molecule has 0 atom stereocenters. The van der Waals surface area contributed by atoms with Gasteiger partial charge in [0.15, 0.2) is 9.84 Å². The molecule has 0 saturated heterocycles. The standard InChI is InChI=1S/C9H13F3O3S/c10-9(11,12)7(1-2-7)6-16(14,15)8(5-13)3-4-8/h13H,1-6H2. The minimum Gasteiger partial charge on any atom is -0.395 e. The van der Waals surface area contributed by atoms with E-state index in [0.29, 0.717) is 0 Å². The zero-order chi connectivity index (χ0) is 12.2. The molecule has 16 heavy (non-hydrogen) atoms. The third-order valence-electron chi connectivity index (χ3n) is 3.68. The van der Waals surface area contributed by atoms with Crippen molar-refractivity contribution in [3.8, 4) is 0 Å². The van der Waals surface area contributed by atoms with E-state index in [9.17, 15) is 21.6 Å². The summed E-state index contributed by atoms with van der Waals surface area (Å²) in [4.78, 5) is 0. The van der Waals surface area contributed by atoms with Crippen LogP contribution in [0.15, 0.2) is 0 Å². The molecule has 0 aromatic heterocycles. The Kier molecular flexibility index (Phi) is 2.38. The maximum absolute atomic E-state index is 12.6. The number of alkyl halides is 3. The SMILES string of the molecule is O=S(=O)(CC1(C(F)(F)F)CC1)C1(CO)CC1. The van der Waals surface area contributed by atoms with Crippen molar-refractivity contribution in [2.24, 2.45) is 5.41 Å². The Morgan fingerprint density at radius 3 is 1.88 bits per heavy atom. The van der Waals surface area contributed by atoms with Gasteiger partial charge in [0.2, 0.25) is 0 Å². The Labute approximate surface area is 91.6 Å². The number of halogens is 3. The Balaban J connectivity index is 2.17. The van der Waals surface area contributed by atoms with Gasteiger partial charge in [-0.1, -0.05) is 0 Å². The summed E-state index contributed by atoms with van der Waals surface area (Å²) in [5.41, 5.74) is -2.03. The summed E-state index contributed by atoms with van der Waals surface area (Å²) in [7, 11) is -3.85. The molecular formula is C9H13F3O3S. The van der Waals surface area contributed by atoms with Gasteiger partial charge in [-0.15, -0.1) is 0 Å². The van der Waals surface area contributed by atoms with E-state index < -0.39 is 38.5 Å². The maximum atomic E-state index is 12.6. The molecule has 0 unspecified atom stereocenters. The molecule has 2 rings (SSSR count). The van der Waals surface area contributed by atoms with Crippen LogP contribution < -0.4 is 0 Å². The molecule has 3 nitrogen and oxygen atoms in total.